The first-order chi connectivity index (χ1) is 5.79. The minimum absolute atomic E-state index is 0.0669. The van der Waals surface area contributed by atoms with Crippen LogP contribution in [0.25, 0.3) is 0 Å². The second kappa shape index (κ2) is 4.16. The molecule has 0 aromatic carbocycles. The molecule has 2 N–H and O–H groups in total. The molecule has 0 rings (SSSR count). The molecule has 13 heavy (non-hydrogen) atoms. The maximum Gasteiger partial charge on any atom is 0.416 e. The number of rotatable bonds is 2. The van der Waals surface area contributed by atoms with Crippen LogP contribution in [0, 0.1) is 0 Å². The Bertz CT molecular complexity index is 255. The zero-order valence-corrected chi connectivity index (χ0v) is 7.57. The van der Waals surface area contributed by atoms with E-state index < -0.39 is 11.7 Å². The highest BCUT2D eigenvalue weighted by molar-refractivity contribution is 5.35. The topological polar surface area (TPSA) is 26.0 Å². The van der Waals surface area contributed by atoms with Gasteiger partial charge in [0, 0.05) is 5.70 Å². The average Bonchev–Trinajstić information content (AvgIpc) is 1.96. The van der Waals surface area contributed by atoms with Gasteiger partial charge in [0.1, 0.15) is 0 Å². The number of halogens is 3. The highest BCUT2D eigenvalue weighted by Crippen LogP contribution is 2.29. The molecule has 0 spiro atoms. The van der Waals surface area contributed by atoms with Gasteiger partial charge in [0.25, 0.3) is 0 Å². The van der Waals surface area contributed by atoms with Crippen molar-refractivity contribution in [2.75, 3.05) is 0 Å². The van der Waals surface area contributed by atoms with Crippen LogP contribution in [0.2, 0.25) is 0 Å². The van der Waals surface area contributed by atoms with Crippen molar-refractivity contribution in [3.8, 4) is 0 Å². The van der Waals surface area contributed by atoms with E-state index in [1.807, 2.05) is 0 Å². The van der Waals surface area contributed by atoms with Gasteiger partial charge in [-0.1, -0.05) is 12.7 Å². The van der Waals surface area contributed by atoms with Crippen LogP contribution in [0.15, 0.2) is 35.6 Å². The third-order valence-corrected chi connectivity index (χ3v) is 1.41. The molecule has 4 heteroatoms. The van der Waals surface area contributed by atoms with Crippen molar-refractivity contribution >= 4 is 0 Å². The lowest BCUT2D eigenvalue weighted by Gasteiger charge is -2.10. The molecule has 1 nitrogen and oxygen atoms in total. The molecule has 0 amide bonds. The Labute approximate surface area is 75.4 Å². The maximum atomic E-state index is 12.3. The summed E-state index contributed by atoms with van der Waals surface area (Å²) in [5.74, 6) is 0. The van der Waals surface area contributed by atoms with Crippen LogP contribution in [-0.2, 0) is 0 Å². The number of hydrogen-bond acceptors (Lipinski definition) is 1. The van der Waals surface area contributed by atoms with E-state index in [0.29, 0.717) is 0 Å². The second-order valence-corrected chi connectivity index (χ2v) is 2.69. The molecular formula is C9H12F3N. The largest absolute Gasteiger partial charge is 0.416 e. The first kappa shape index (κ1) is 11.8. The molecule has 74 valence electrons. The molecule has 0 aromatic rings. The van der Waals surface area contributed by atoms with Crippen molar-refractivity contribution in [3.05, 3.63) is 35.6 Å². The van der Waals surface area contributed by atoms with E-state index >= 15 is 0 Å². The summed E-state index contributed by atoms with van der Waals surface area (Å²) in [7, 11) is 0. The van der Waals surface area contributed by atoms with Crippen molar-refractivity contribution in [1.82, 2.24) is 0 Å². The predicted molar refractivity (Wildman–Crippen MR) is 46.9 cm³/mol. The summed E-state index contributed by atoms with van der Waals surface area (Å²) in [5.41, 5.74) is 4.61. The van der Waals surface area contributed by atoms with Gasteiger partial charge in [0.2, 0.25) is 0 Å². The second-order valence-electron chi connectivity index (χ2n) is 2.69. The van der Waals surface area contributed by atoms with Crippen molar-refractivity contribution in [1.29, 1.82) is 0 Å². The van der Waals surface area contributed by atoms with Crippen LogP contribution in [0.3, 0.4) is 0 Å². The fraction of sp³-hybridized carbons (Fsp3) is 0.333. The van der Waals surface area contributed by atoms with Crippen LogP contribution in [0.1, 0.15) is 13.8 Å². The van der Waals surface area contributed by atoms with Gasteiger partial charge in [-0.25, -0.2) is 0 Å². The number of alkyl halides is 3. The first-order valence-electron chi connectivity index (χ1n) is 3.63. The summed E-state index contributed by atoms with van der Waals surface area (Å²) in [5, 5.41) is 0. The summed E-state index contributed by atoms with van der Waals surface area (Å²) in [6, 6.07) is 0. The molecule has 0 saturated heterocycles. The fourth-order valence-corrected chi connectivity index (χ4v) is 0.757. The molecular weight excluding hydrogens is 179 g/mol. The molecule has 0 radical (unpaired) electrons. The molecule has 0 saturated carbocycles. The average molecular weight is 191 g/mol. The van der Waals surface area contributed by atoms with Gasteiger partial charge >= 0.3 is 6.18 Å². The Hall–Kier alpha value is -1.19. The van der Waals surface area contributed by atoms with E-state index in [0.717, 1.165) is 12.2 Å². The van der Waals surface area contributed by atoms with Crippen molar-refractivity contribution in [3.63, 3.8) is 0 Å². The molecule has 0 heterocycles. The molecule has 0 aliphatic rings. The fourth-order valence-electron chi connectivity index (χ4n) is 0.757. The lowest BCUT2D eigenvalue weighted by molar-refractivity contribution is -0.0888. The number of allylic oxidation sites excluding steroid dienone is 5. The van der Waals surface area contributed by atoms with E-state index in [1.54, 1.807) is 0 Å². The zero-order valence-electron chi connectivity index (χ0n) is 7.57. The van der Waals surface area contributed by atoms with Crippen molar-refractivity contribution in [2.24, 2.45) is 5.73 Å². The lowest BCUT2D eigenvalue weighted by Crippen LogP contribution is -2.13. The van der Waals surface area contributed by atoms with E-state index in [1.165, 1.54) is 13.8 Å². The smallest absolute Gasteiger partial charge is 0.402 e. The van der Waals surface area contributed by atoms with Crippen LogP contribution in [0.5, 0.6) is 0 Å². The highest BCUT2D eigenvalue weighted by atomic mass is 19.4. The van der Waals surface area contributed by atoms with Crippen LogP contribution in [-0.4, -0.2) is 6.18 Å². The first-order valence-corrected chi connectivity index (χ1v) is 3.63. The zero-order chi connectivity index (χ0) is 10.6. The van der Waals surface area contributed by atoms with Gasteiger partial charge in [0.05, 0.1) is 5.57 Å². The Morgan fingerprint density at radius 3 is 2.00 bits per heavy atom. The maximum absolute atomic E-state index is 12.3. The predicted octanol–water partition coefficient (Wildman–Crippen LogP) is 2.91. The summed E-state index contributed by atoms with van der Waals surface area (Å²) < 4.78 is 36.9. The third kappa shape index (κ3) is 3.83. The normalized spacial score (nSPS) is 15.3. The van der Waals surface area contributed by atoms with Gasteiger partial charge in [-0.05, 0) is 25.5 Å². The molecule has 0 aliphatic heterocycles. The summed E-state index contributed by atoms with van der Waals surface area (Å²) >= 11 is 0. The molecule has 0 aliphatic carbocycles. The number of nitrogens with two attached hydrogens (primary N) is 1. The van der Waals surface area contributed by atoms with Crippen molar-refractivity contribution in [2.45, 2.75) is 20.0 Å². The van der Waals surface area contributed by atoms with E-state index in [9.17, 15) is 13.2 Å². The van der Waals surface area contributed by atoms with Crippen LogP contribution < -0.4 is 5.73 Å². The van der Waals surface area contributed by atoms with E-state index in [2.05, 4.69) is 6.58 Å². The molecule has 0 fully saturated rings. The molecule has 0 aromatic heterocycles. The minimum atomic E-state index is -4.38. The molecule has 0 atom stereocenters. The van der Waals surface area contributed by atoms with Crippen molar-refractivity contribution < 1.29 is 13.2 Å². The SMILES string of the molecule is C=C/C(C)=C(\C=C(/C)N)C(F)(F)F. The van der Waals surface area contributed by atoms with Crippen LogP contribution >= 0.6 is 0 Å². The third-order valence-electron chi connectivity index (χ3n) is 1.41. The van der Waals surface area contributed by atoms with E-state index in [-0.39, 0.29) is 11.3 Å². The lowest BCUT2D eigenvalue weighted by atomic mass is 10.1. The Morgan fingerprint density at radius 2 is 1.77 bits per heavy atom. The monoisotopic (exact) mass is 191 g/mol. The standard InChI is InChI=1S/C9H12F3N/c1-4-6(2)8(5-7(3)13)9(10,11)12/h4-5H,1,13H2,2-3H3/b7-5+,8-6+. The number of hydrogen-bond donors (Lipinski definition) is 1. The quantitative estimate of drug-likeness (QED) is 0.667. The summed E-state index contributed by atoms with van der Waals surface area (Å²) in [6.07, 6.45) is -2.32. The molecule has 0 bridgehead atoms. The van der Waals surface area contributed by atoms with Gasteiger partial charge in [-0.3, -0.25) is 0 Å². The van der Waals surface area contributed by atoms with Gasteiger partial charge in [0.15, 0.2) is 0 Å². The van der Waals surface area contributed by atoms with Gasteiger partial charge < -0.3 is 5.73 Å². The van der Waals surface area contributed by atoms with Gasteiger partial charge in [-0.15, -0.1) is 0 Å². The van der Waals surface area contributed by atoms with E-state index in [4.69, 9.17) is 5.73 Å². The highest BCUT2D eigenvalue weighted by Gasteiger charge is 2.33. The Kier molecular flexibility index (Phi) is 3.78. The Balaban J connectivity index is 5.24. The Morgan fingerprint density at radius 1 is 1.31 bits per heavy atom. The van der Waals surface area contributed by atoms with Gasteiger partial charge in [-0.2, -0.15) is 13.2 Å². The van der Waals surface area contributed by atoms with Crippen LogP contribution in [0.4, 0.5) is 13.2 Å². The minimum Gasteiger partial charge on any atom is -0.402 e. The molecule has 0 unspecified atom stereocenters. The summed E-state index contributed by atoms with van der Waals surface area (Å²) in [6.45, 7) is 6.02. The summed E-state index contributed by atoms with van der Waals surface area (Å²) in [4.78, 5) is 0.